The van der Waals surface area contributed by atoms with Crippen molar-refractivity contribution < 1.29 is 5.11 Å². The van der Waals surface area contributed by atoms with Crippen molar-refractivity contribution in [3.05, 3.63) is 76.5 Å². The van der Waals surface area contributed by atoms with E-state index in [1.165, 1.54) is 16.7 Å². The Kier molecular flexibility index (Phi) is 3.94. The number of nitrogens with one attached hydrogen (secondary N) is 2. The van der Waals surface area contributed by atoms with Gasteiger partial charge < -0.3 is 15.4 Å². The standard InChI is InChI=1S/C20H19BrN2O/c21-15-8-6-14(7-9-15)20(11-3-13-24)19-17(10-12-22-19)16-4-1-2-5-18(16)23-20/h1-2,4-10,12,22-24H,3,11,13H2/t20-/m0/s1. The first-order valence-corrected chi connectivity index (χ1v) is 8.96. The molecule has 3 N–H and O–H groups in total. The number of benzene rings is 2. The third kappa shape index (κ3) is 2.38. The van der Waals surface area contributed by atoms with E-state index >= 15 is 0 Å². The van der Waals surface area contributed by atoms with Gasteiger partial charge in [-0.2, -0.15) is 0 Å². The first kappa shape index (κ1) is 15.5. The van der Waals surface area contributed by atoms with Crippen LogP contribution >= 0.6 is 15.9 Å². The predicted molar refractivity (Wildman–Crippen MR) is 101 cm³/mol. The number of hydrogen-bond acceptors (Lipinski definition) is 2. The van der Waals surface area contributed by atoms with Crippen molar-refractivity contribution >= 4 is 21.6 Å². The summed E-state index contributed by atoms with van der Waals surface area (Å²) >= 11 is 3.52. The second kappa shape index (κ2) is 6.11. The Balaban J connectivity index is 1.93. The van der Waals surface area contributed by atoms with Crippen LogP contribution in [0.4, 0.5) is 5.69 Å². The van der Waals surface area contributed by atoms with Crippen molar-refractivity contribution in [2.75, 3.05) is 11.9 Å². The minimum absolute atomic E-state index is 0.178. The largest absolute Gasteiger partial charge is 0.396 e. The van der Waals surface area contributed by atoms with Crippen LogP contribution in [0.2, 0.25) is 0 Å². The van der Waals surface area contributed by atoms with Gasteiger partial charge in [0.1, 0.15) is 5.54 Å². The Morgan fingerprint density at radius 3 is 2.54 bits per heavy atom. The fraction of sp³-hybridized carbons (Fsp3) is 0.200. The van der Waals surface area contributed by atoms with Gasteiger partial charge in [0.15, 0.2) is 0 Å². The molecule has 2 aromatic carbocycles. The molecule has 0 bridgehead atoms. The number of anilines is 1. The van der Waals surface area contributed by atoms with Crippen LogP contribution in [0.1, 0.15) is 24.1 Å². The van der Waals surface area contributed by atoms with Crippen molar-refractivity contribution in [3.8, 4) is 11.1 Å². The van der Waals surface area contributed by atoms with Gasteiger partial charge in [-0.3, -0.25) is 0 Å². The van der Waals surface area contributed by atoms with Crippen LogP contribution in [0.5, 0.6) is 0 Å². The summed E-state index contributed by atoms with van der Waals surface area (Å²) in [5.41, 5.74) is 5.56. The second-order valence-electron chi connectivity index (χ2n) is 6.18. The van der Waals surface area contributed by atoms with Gasteiger partial charge >= 0.3 is 0 Å². The molecule has 0 radical (unpaired) electrons. The molecule has 0 saturated carbocycles. The summed E-state index contributed by atoms with van der Waals surface area (Å²) < 4.78 is 1.06. The fourth-order valence-electron chi connectivity index (χ4n) is 3.69. The maximum atomic E-state index is 9.45. The summed E-state index contributed by atoms with van der Waals surface area (Å²) in [7, 11) is 0. The van der Waals surface area contributed by atoms with Crippen molar-refractivity contribution in [1.82, 2.24) is 4.98 Å². The third-order valence-corrected chi connectivity index (χ3v) is 5.31. The molecule has 1 aliphatic heterocycles. The Morgan fingerprint density at radius 1 is 0.958 bits per heavy atom. The van der Waals surface area contributed by atoms with E-state index in [-0.39, 0.29) is 12.1 Å². The topological polar surface area (TPSA) is 48.0 Å². The number of aliphatic hydroxyl groups excluding tert-OH is 1. The van der Waals surface area contributed by atoms with Crippen LogP contribution in [0.15, 0.2) is 65.3 Å². The number of hydrogen-bond donors (Lipinski definition) is 3. The molecular weight excluding hydrogens is 364 g/mol. The number of aliphatic hydroxyl groups is 1. The quantitative estimate of drug-likeness (QED) is 0.601. The number of H-pyrrole nitrogens is 1. The summed E-state index contributed by atoms with van der Waals surface area (Å²) in [4.78, 5) is 3.46. The molecule has 2 heterocycles. The van der Waals surface area contributed by atoms with E-state index in [2.05, 4.69) is 80.8 Å². The molecule has 1 atom stereocenters. The van der Waals surface area contributed by atoms with Gasteiger partial charge in [-0.25, -0.2) is 0 Å². The summed E-state index contributed by atoms with van der Waals surface area (Å²) in [6.45, 7) is 0.178. The maximum Gasteiger partial charge on any atom is 0.104 e. The Morgan fingerprint density at radius 2 is 1.75 bits per heavy atom. The molecule has 0 saturated heterocycles. The number of rotatable bonds is 4. The zero-order valence-electron chi connectivity index (χ0n) is 13.2. The summed E-state index contributed by atoms with van der Waals surface area (Å²) in [6.07, 6.45) is 3.54. The van der Waals surface area contributed by atoms with Gasteiger partial charge in [-0.1, -0.05) is 46.3 Å². The average Bonchev–Trinajstić information content (AvgIpc) is 3.11. The van der Waals surface area contributed by atoms with Crippen LogP contribution in [0.25, 0.3) is 11.1 Å². The molecule has 4 rings (SSSR count). The molecule has 0 amide bonds. The number of aromatic amines is 1. The lowest BCUT2D eigenvalue weighted by Crippen LogP contribution is -2.40. The van der Waals surface area contributed by atoms with E-state index in [9.17, 15) is 5.11 Å². The average molecular weight is 383 g/mol. The van der Waals surface area contributed by atoms with Crippen LogP contribution in [0, 0.1) is 0 Å². The van der Waals surface area contributed by atoms with Gasteiger partial charge in [-0.05, 0) is 42.7 Å². The molecule has 122 valence electrons. The smallest absolute Gasteiger partial charge is 0.104 e. The van der Waals surface area contributed by atoms with E-state index in [0.717, 1.165) is 28.7 Å². The van der Waals surface area contributed by atoms with Crippen LogP contribution < -0.4 is 5.32 Å². The minimum atomic E-state index is -0.364. The first-order valence-electron chi connectivity index (χ1n) is 8.17. The Bertz CT molecular complexity index is 856. The number of para-hydroxylation sites is 1. The van der Waals surface area contributed by atoms with Gasteiger partial charge in [0, 0.05) is 34.1 Å². The van der Waals surface area contributed by atoms with Gasteiger partial charge in [0.25, 0.3) is 0 Å². The van der Waals surface area contributed by atoms with E-state index in [0.29, 0.717) is 0 Å². The highest BCUT2D eigenvalue weighted by Crippen LogP contribution is 2.48. The lowest BCUT2D eigenvalue weighted by atomic mass is 9.77. The van der Waals surface area contributed by atoms with Crippen LogP contribution in [-0.2, 0) is 5.54 Å². The zero-order valence-corrected chi connectivity index (χ0v) is 14.8. The SMILES string of the molecule is OCCC[C@@]1(c2ccc(Br)cc2)Nc2ccccc2-c2cc[nH]c21. The molecule has 3 aromatic rings. The first-order chi connectivity index (χ1) is 11.7. The highest BCUT2D eigenvalue weighted by atomic mass is 79.9. The van der Waals surface area contributed by atoms with E-state index in [1.807, 2.05) is 6.20 Å². The number of halogens is 1. The van der Waals surface area contributed by atoms with Crippen LogP contribution in [0.3, 0.4) is 0 Å². The lowest BCUT2D eigenvalue weighted by Gasteiger charge is -2.40. The second-order valence-corrected chi connectivity index (χ2v) is 7.09. The Hall–Kier alpha value is -2.04. The van der Waals surface area contributed by atoms with Crippen molar-refractivity contribution in [2.45, 2.75) is 18.4 Å². The molecule has 0 aliphatic carbocycles. The molecule has 3 nitrogen and oxygen atoms in total. The molecule has 24 heavy (non-hydrogen) atoms. The van der Waals surface area contributed by atoms with Gasteiger partial charge in [-0.15, -0.1) is 0 Å². The molecule has 1 aromatic heterocycles. The number of fused-ring (bicyclic) bond motifs is 3. The zero-order chi connectivity index (χ0) is 16.6. The summed E-state index contributed by atoms with van der Waals surface area (Å²) in [5.74, 6) is 0. The fourth-order valence-corrected chi connectivity index (χ4v) is 3.96. The van der Waals surface area contributed by atoms with E-state index in [1.54, 1.807) is 0 Å². The van der Waals surface area contributed by atoms with Crippen molar-refractivity contribution in [3.63, 3.8) is 0 Å². The normalized spacial score (nSPS) is 18.6. The Labute approximate surface area is 149 Å². The molecule has 1 aliphatic rings. The van der Waals surface area contributed by atoms with E-state index < -0.39 is 0 Å². The molecule has 4 heteroatoms. The van der Waals surface area contributed by atoms with Crippen LogP contribution in [-0.4, -0.2) is 16.7 Å². The molecular formula is C20H19BrN2O. The van der Waals surface area contributed by atoms with Crippen molar-refractivity contribution in [2.24, 2.45) is 0 Å². The molecule has 0 fully saturated rings. The predicted octanol–water partition coefficient (Wildman–Crippen LogP) is 4.89. The monoisotopic (exact) mass is 382 g/mol. The minimum Gasteiger partial charge on any atom is -0.396 e. The number of aromatic nitrogens is 1. The summed E-state index contributed by atoms with van der Waals surface area (Å²) in [5, 5.41) is 13.2. The lowest BCUT2D eigenvalue weighted by molar-refractivity contribution is 0.272. The maximum absolute atomic E-state index is 9.45. The third-order valence-electron chi connectivity index (χ3n) is 4.79. The summed E-state index contributed by atoms with van der Waals surface area (Å²) in [6, 6.07) is 19.0. The van der Waals surface area contributed by atoms with E-state index in [4.69, 9.17) is 0 Å². The molecule has 0 spiro atoms. The highest BCUT2D eigenvalue weighted by molar-refractivity contribution is 9.10. The molecule has 0 unspecified atom stereocenters. The van der Waals surface area contributed by atoms with Gasteiger partial charge in [0.2, 0.25) is 0 Å². The van der Waals surface area contributed by atoms with Crippen molar-refractivity contribution in [1.29, 1.82) is 0 Å². The van der Waals surface area contributed by atoms with Gasteiger partial charge in [0.05, 0.1) is 5.69 Å². The highest BCUT2D eigenvalue weighted by Gasteiger charge is 2.40.